The Balaban J connectivity index is 1.82. The molecule has 7 nitrogen and oxygen atoms in total. The molecule has 116 valence electrons. The third-order valence-electron chi connectivity index (χ3n) is 3.02. The number of amides is 1. The summed E-state index contributed by atoms with van der Waals surface area (Å²) in [5.41, 5.74) is 6.36. The van der Waals surface area contributed by atoms with Crippen LogP contribution in [0.15, 0.2) is 48.4 Å². The Morgan fingerprint density at radius 2 is 2.13 bits per heavy atom. The minimum Gasteiger partial charge on any atom is -0.379 e. The Hall–Kier alpha value is -3.00. The molecule has 0 spiro atoms. The molecule has 23 heavy (non-hydrogen) atoms. The molecule has 0 aliphatic rings. The number of hydrogen-bond acceptors (Lipinski definition) is 7. The summed E-state index contributed by atoms with van der Waals surface area (Å²) >= 11 is 1.64. The maximum absolute atomic E-state index is 11.6. The molecule has 0 aromatic carbocycles. The van der Waals surface area contributed by atoms with Crippen LogP contribution in [0.2, 0.25) is 0 Å². The maximum atomic E-state index is 11.6. The molecule has 4 N–H and O–H groups in total. The number of aromatic nitrogens is 3. The lowest BCUT2D eigenvalue weighted by molar-refractivity contribution is 0.100. The third kappa shape index (κ3) is 3.80. The fraction of sp³-hybridized carbons (Fsp3) is 0.0667. The van der Waals surface area contributed by atoms with E-state index >= 15 is 0 Å². The van der Waals surface area contributed by atoms with E-state index in [2.05, 4.69) is 25.6 Å². The monoisotopic (exact) mass is 326 g/mol. The van der Waals surface area contributed by atoms with Gasteiger partial charge in [0.05, 0.1) is 17.4 Å². The molecule has 8 heteroatoms. The van der Waals surface area contributed by atoms with Crippen LogP contribution in [0.3, 0.4) is 0 Å². The van der Waals surface area contributed by atoms with Gasteiger partial charge in [-0.25, -0.2) is 9.97 Å². The average Bonchev–Trinajstić information content (AvgIpc) is 3.07. The van der Waals surface area contributed by atoms with Gasteiger partial charge >= 0.3 is 0 Å². The average molecular weight is 326 g/mol. The summed E-state index contributed by atoms with van der Waals surface area (Å²) in [6.07, 6.45) is 6.19. The Kier molecular flexibility index (Phi) is 4.44. The van der Waals surface area contributed by atoms with Gasteiger partial charge in [-0.05, 0) is 11.4 Å². The van der Waals surface area contributed by atoms with Crippen LogP contribution in [0.25, 0.3) is 0 Å². The fourth-order valence-corrected chi connectivity index (χ4v) is 2.60. The molecule has 0 aliphatic carbocycles. The number of carbonyl (C=O) groups excluding carboxylic acids is 1. The number of hydrogen-bond donors (Lipinski definition) is 3. The molecule has 3 aromatic rings. The van der Waals surface area contributed by atoms with Gasteiger partial charge in [0.25, 0.3) is 5.91 Å². The summed E-state index contributed by atoms with van der Waals surface area (Å²) in [6, 6.07) is 5.72. The molecular formula is C15H14N6OS. The summed E-state index contributed by atoms with van der Waals surface area (Å²) in [7, 11) is 0. The van der Waals surface area contributed by atoms with E-state index in [-0.39, 0.29) is 0 Å². The van der Waals surface area contributed by atoms with Gasteiger partial charge in [0.2, 0.25) is 0 Å². The van der Waals surface area contributed by atoms with Gasteiger partial charge in [0.15, 0.2) is 0 Å². The van der Waals surface area contributed by atoms with E-state index in [0.29, 0.717) is 29.4 Å². The van der Waals surface area contributed by atoms with Crippen molar-refractivity contribution in [2.45, 2.75) is 6.54 Å². The first-order valence-corrected chi connectivity index (χ1v) is 7.69. The van der Waals surface area contributed by atoms with Crippen molar-refractivity contribution in [3.05, 3.63) is 58.8 Å². The van der Waals surface area contributed by atoms with E-state index in [1.165, 1.54) is 6.20 Å². The molecule has 3 rings (SSSR count). The first kappa shape index (κ1) is 14.9. The van der Waals surface area contributed by atoms with Crippen LogP contribution in [0.4, 0.5) is 17.3 Å². The molecule has 3 heterocycles. The van der Waals surface area contributed by atoms with Crippen LogP contribution in [-0.2, 0) is 6.54 Å². The van der Waals surface area contributed by atoms with Crippen LogP contribution in [0, 0.1) is 0 Å². The summed E-state index contributed by atoms with van der Waals surface area (Å²) < 4.78 is 0. The Labute approximate surface area is 136 Å². The first-order chi connectivity index (χ1) is 11.2. The predicted octanol–water partition coefficient (Wildman–Crippen LogP) is 2.39. The normalized spacial score (nSPS) is 10.3. The highest BCUT2D eigenvalue weighted by molar-refractivity contribution is 7.09. The van der Waals surface area contributed by atoms with Crippen LogP contribution < -0.4 is 16.4 Å². The molecule has 3 aromatic heterocycles. The lowest BCUT2D eigenvalue weighted by atomic mass is 10.2. The second-order valence-corrected chi connectivity index (χ2v) is 5.66. The lowest BCUT2D eigenvalue weighted by Gasteiger charge is -2.11. The van der Waals surface area contributed by atoms with E-state index in [1.807, 2.05) is 17.5 Å². The molecular weight excluding hydrogens is 312 g/mol. The fourth-order valence-electron chi connectivity index (χ4n) is 1.96. The highest BCUT2D eigenvalue weighted by Gasteiger charge is 2.11. The molecule has 0 unspecified atom stereocenters. The zero-order valence-electron chi connectivity index (χ0n) is 12.1. The quantitative estimate of drug-likeness (QED) is 0.642. The Bertz CT molecular complexity index is 791. The van der Waals surface area contributed by atoms with E-state index in [9.17, 15) is 4.79 Å². The molecule has 1 amide bonds. The number of rotatable bonds is 6. The topological polar surface area (TPSA) is 106 Å². The van der Waals surface area contributed by atoms with Crippen molar-refractivity contribution in [1.82, 2.24) is 15.0 Å². The van der Waals surface area contributed by atoms with E-state index in [0.717, 1.165) is 4.88 Å². The van der Waals surface area contributed by atoms with Crippen molar-refractivity contribution in [2.75, 3.05) is 10.6 Å². The summed E-state index contributed by atoms with van der Waals surface area (Å²) in [4.78, 5) is 25.0. The molecule has 0 saturated heterocycles. The van der Waals surface area contributed by atoms with Gasteiger partial charge < -0.3 is 16.4 Å². The minimum atomic E-state index is -0.530. The number of nitrogens with two attached hydrogens (primary N) is 1. The van der Waals surface area contributed by atoms with Crippen molar-refractivity contribution in [3.63, 3.8) is 0 Å². The highest BCUT2D eigenvalue weighted by atomic mass is 32.1. The third-order valence-corrected chi connectivity index (χ3v) is 3.90. The van der Waals surface area contributed by atoms with Crippen molar-refractivity contribution in [3.8, 4) is 0 Å². The van der Waals surface area contributed by atoms with E-state index < -0.39 is 5.91 Å². The van der Waals surface area contributed by atoms with Gasteiger partial charge in [-0.2, -0.15) is 0 Å². The lowest BCUT2D eigenvalue weighted by Crippen LogP contribution is -2.15. The Morgan fingerprint density at radius 1 is 1.22 bits per heavy atom. The van der Waals surface area contributed by atoms with Crippen LogP contribution in [-0.4, -0.2) is 20.9 Å². The number of nitrogens with zero attached hydrogens (tertiary/aromatic N) is 3. The van der Waals surface area contributed by atoms with Crippen LogP contribution >= 0.6 is 11.3 Å². The van der Waals surface area contributed by atoms with Gasteiger partial charge in [-0.15, -0.1) is 11.3 Å². The number of pyridine rings is 1. The van der Waals surface area contributed by atoms with Gasteiger partial charge in [-0.1, -0.05) is 6.07 Å². The van der Waals surface area contributed by atoms with Gasteiger partial charge in [-0.3, -0.25) is 9.78 Å². The zero-order chi connectivity index (χ0) is 16.1. The Morgan fingerprint density at radius 3 is 2.83 bits per heavy atom. The molecule has 0 saturated carbocycles. The van der Waals surface area contributed by atoms with Crippen LogP contribution in [0.1, 0.15) is 15.2 Å². The van der Waals surface area contributed by atoms with Gasteiger partial charge in [0.1, 0.15) is 11.6 Å². The second-order valence-electron chi connectivity index (χ2n) is 4.63. The van der Waals surface area contributed by atoms with Crippen molar-refractivity contribution in [1.29, 1.82) is 0 Å². The number of thiophene rings is 1. The van der Waals surface area contributed by atoms with Gasteiger partial charge in [0, 0.05) is 36.1 Å². The van der Waals surface area contributed by atoms with E-state index in [4.69, 9.17) is 5.73 Å². The molecule has 0 atom stereocenters. The second kappa shape index (κ2) is 6.84. The maximum Gasteiger partial charge on any atom is 0.252 e. The molecule has 0 aliphatic heterocycles. The minimum absolute atomic E-state index is 0.339. The van der Waals surface area contributed by atoms with Crippen molar-refractivity contribution >= 4 is 34.6 Å². The number of carbonyl (C=O) groups is 1. The first-order valence-electron chi connectivity index (χ1n) is 6.81. The standard InChI is InChI=1S/C15H14N6OS/c16-15(22)11-8-20-13(21-14-9-17-3-4-18-14)6-12(11)19-7-10-2-1-5-23-10/h1-6,8-9H,7H2,(H2,16,22)(H2,18,19,20,21). The molecule has 0 bridgehead atoms. The van der Waals surface area contributed by atoms with Crippen LogP contribution in [0.5, 0.6) is 0 Å². The SMILES string of the molecule is NC(=O)c1cnc(Nc2cnccn2)cc1NCc1cccs1. The highest BCUT2D eigenvalue weighted by Crippen LogP contribution is 2.21. The predicted molar refractivity (Wildman–Crippen MR) is 89.7 cm³/mol. The molecule has 0 radical (unpaired) electrons. The largest absolute Gasteiger partial charge is 0.379 e. The zero-order valence-corrected chi connectivity index (χ0v) is 12.9. The summed E-state index contributed by atoms with van der Waals surface area (Å²) in [6.45, 7) is 0.604. The summed E-state index contributed by atoms with van der Waals surface area (Å²) in [5, 5.41) is 8.25. The number of primary amides is 1. The number of nitrogens with one attached hydrogen (secondary N) is 2. The van der Waals surface area contributed by atoms with Crippen molar-refractivity contribution < 1.29 is 4.79 Å². The van der Waals surface area contributed by atoms with Crippen molar-refractivity contribution in [2.24, 2.45) is 5.73 Å². The van der Waals surface area contributed by atoms with E-state index in [1.54, 1.807) is 36.0 Å². The molecule has 0 fully saturated rings. The number of anilines is 3. The summed E-state index contributed by atoms with van der Waals surface area (Å²) in [5.74, 6) is 0.581. The smallest absolute Gasteiger partial charge is 0.252 e.